The van der Waals surface area contributed by atoms with Crippen molar-refractivity contribution in [3.8, 4) is 11.5 Å². The number of aliphatic carboxylic acids is 1. The predicted molar refractivity (Wildman–Crippen MR) is 97.9 cm³/mol. The molecule has 0 saturated carbocycles. The van der Waals surface area contributed by atoms with Gasteiger partial charge >= 0.3 is 5.97 Å². The molecular formula is C21H21NO5. The third kappa shape index (κ3) is 2.86. The molecule has 0 radical (unpaired) electrons. The summed E-state index contributed by atoms with van der Waals surface area (Å²) in [6.07, 6.45) is 0.383. The SMILES string of the molecule is COCC1(C(=O)O)CCN(C(=O)C2c3ccccc3Oc3ccccc32)C1. The van der Waals surface area contributed by atoms with Crippen LogP contribution in [0.15, 0.2) is 48.5 Å². The van der Waals surface area contributed by atoms with E-state index in [1.165, 1.54) is 7.11 Å². The minimum atomic E-state index is -1.05. The van der Waals surface area contributed by atoms with Gasteiger partial charge in [-0.2, -0.15) is 0 Å². The molecule has 2 aromatic rings. The summed E-state index contributed by atoms with van der Waals surface area (Å²) in [7, 11) is 1.49. The molecule has 0 aromatic heterocycles. The highest BCUT2D eigenvalue weighted by molar-refractivity contribution is 5.91. The molecule has 1 N–H and O–H groups in total. The van der Waals surface area contributed by atoms with Crippen LogP contribution in [-0.4, -0.2) is 48.7 Å². The van der Waals surface area contributed by atoms with Crippen molar-refractivity contribution in [3.05, 3.63) is 59.7 Å². The number of hydrogen-bond donors (Lipinski definition) is 1. The summed E-state index contributed by atoms with van der Waals surface area (Å²) >= 11 is 0. The molecular weight excluding hydrogens is 346 g/mol. The van der Waals surface area contributed by atoms with Crippen LogP contribution in [-0.2, 0) is 14.3 Å². The fourth-order valence-corrected chi connectivity index (χ4v) is 4.05. The second-order valence-electron chi connectivity index (χ2n) is 7.14. The largest absolute Gasteiger partial charge is 0.481 e. The lowest BCUT2D eigenvalue weighted by Crippen LogP contribution is -2.41. The van der Waals surface area contributed by atoms with Crippen LogP contribution in [0.25, 0.3) is 0 Å². The number of nitrogens with zero attached hydrogens (tertiary/aromatic N) is 1. The van der Waals surface area contributed by atoms with Crippen molar-refractivity contribution in [3.63, 3.8) is 0 Å². The zero-order chi connectivity index (χ0) is 19.0. The fraction of sp³-hybridized carbons (Fsp3) is 0.333. The van der Waals surface area contributed by atoms with E-state index in [9.17, 15) is 14.7 Å². The first-order valence-electron chi connectivity index (χ1n) is 8.92. The van der Waals surface area contributed by atoms with Gasteiger partial charge in [-0.3, -0.25) is 9.59 Å². The molecule has 27 heavy (non-hydrogen) atoms. The number of carbonyl (C=O) groups is 2. The Balaban J connectivity index is 1.70. The molecule has 0 aliphatic carbocycles. The van der Waals surface area contributed by atoms with Gasteiger partial charge in [0.2, 0.25) is 5.91 Å². The normalized spacial score (nSPS) is 21.3. The van der Waals surface area contributed by atoms with Gasteiger partial charge in [-0.25, -0.2) is 0 Å². The molecule has 4 rings (SSSR count). The summed E-state index contributed by atoms with van der Waals surface area (Å²) in [6.45, 7) is 0.639. The lowest BCUT2D eigenvalue weighted by atomic mass is 9.86. The number of carboxylic acids is 1. The van der Waals surface area contributed by atoms with Crippen molar-refractivity contribution < 1.29 is 24.2 Å². The van der Waals surface area contributed by atoms with Crippen molar-refractivity contribution >= 4 is 11.9 Å². The summed E-state index contributed by atoms with van der Waals surface area (Å²) in [5.74, 6) is -0.201. The molecule has 1 amide bonds. The van der Waals surface area contributed by atoms with E-state index in [1.807, 2.05) is 48.5 Å². The zero-order valence-corrected chi connectivity index (χ0v) is 15.1. The number of methoxy groups -OCH3 is 1. The van der Waals surface area contributed by atoms with Crippen LogP contribution in [0.3, 0.4) is 0 Å². The number of para-hydroxylation sites is 2. The monoisotopic (exact) mass is 367 g/mol. The molecule has 2 aliphatic rings. The smallest absolute Gasteiger partial charge is 0.313 e. The third-order valence-corrected chi connectivity index (χ3v) is 5.47. The Morgan fingerprint density at radius 3 is 2.30 bits per heavy atom. The first kappa shape index (κ1) is 17.5. The fourth-order valence-electron chi connectivity index (χ4n) is 4.05. The van der Waals surface area contributed by atoms with Gasteiger partial charge in [0.25, 0.3) is 0 Å². The Bertz CT molecular complexity index is 850. The Kier molecular flexibility index (Phi) is 4.36. The van der Waals surface area contributed by atoms with Crippen LogP contribution < -0.4 is 4.74 Å². The molecule has 0 bridgehead atoms. The summed E-state index contributed by atoms with van der Waals surface area (Å²) in [5.41, 5.74) is 0.566. The van der Waals surface area contributed by atoms with Gasteiger partial charge in [-0.05, 0) is 18.6 Å². The number of amides is 1. The topological polar surface area (TPSA) is 76.1 Å². The van der Waals surface area contributed by atoms with Gasteiger partial charge in [0.1, 0.15) is 16.9 Å². The number of ether oxygens (including phenoxy) is 2. The third-order valence-electron chi connectivity index (χ3n) is 5.47. The van der Waals surface area contributed by atoms with E-state index in [0.29, 0.717) is 24.5 Å². The molecule has 1 atom stereocenters. The molecule has 6 nitrogen and oxygen atoms in total. The minimum Gasteiger partial charge on any atom is -0.481 e. The number of hydrogen-bond acceptors (Lipinski definition) is 4. The molecule has 1 fully saturated rings. The standard InChI is InChI=1S/C21H21NO5/c1-26-13-21(20(24)25)10-11-22(12-21)19(23)18-14-6-2-4-8-16(14)27-17-9-5-3-7-15(17)18/h2-9,18H,10-13H2,1H3,(H,24,25). The Morgan fingerprint density at radius 1 is 1.15 bits per heavy atom. The van der Waals surface area contributed by atoms with Crippen molar-refractivity contribution in [2.45, 2.75) is 12.3 Å². The number of fused-ring (bicyclic) bond motifs is 2. The van der Waals surface area contributed by atoms with Crippen LogP contribution in [0.1, 0.15) is 23.5 Å². The Labute approximate surface area is 157 Å². The quantitative estimate of drug-likeness (QED) is 0.899. The molecule has 140 valence electrons. The maximum atomic E-state index is 13.5. The summed E-state index contributed by atoms with van der Waals surface area (Å²) < 4.78 is 11.1. The summed E-state index contributed by atoms with van der Waals surface area (Å²) in [5, 5.41) is 9.68. The molecule has 2 heterocycles. The van der Waals surface area contributed by atoms with Crippen molar-refractivity contribution in [1.29, 1.82) is 0 Å². The van der Waals surface area contributed by atoms with Gasteiger partial charge in [-0.1, -0.05) is 36.4 Å². The average molecular weight is 367 g/mol. The highest BCUT2D eigenvalue weighted by Crippen LogP contribution is 2.45. The van der Waals surface area contributed by atoms with Crippen LogP contribution in [0.5, 0.6) is 11.5 Å². The number of carbonyl (C=O) groups excluding carboxylic acids is 1. The van der Waals surface area contributed by atoms with Gasteiger partial charge in [0, 0.05) is 31.3 Å². The van der Waals surface area contributed by atoms with Gasteiger partial charge < -0.3 is 19.5 Å². The van der Waals surface area contributed by atoms with E-state index in [0.717, 1.165) is 11.1 Å². The van der Waals surface area contributed by atoms with Crippen molar-refractivity contribution in [2.24, 2.45) is 5.41 Å². The van der Waals surface area contributed by atoms with Gasteiger partial charge in [0.15, 0.2) is 0 Å². The maximum absolute atomic E-state index is 13.5. The van der Waals surface area contributed by atoms with E-state index in [-0.39, 0.29) is 19.1 Å². The van der Waals surface area contributed by atoms with Crippen LogP contribution >= 0.6 is 0 Å². The summed E-state index contributed by atoms with van der Waals surface area (Å²) in [4.78, 5) is 26.9. The summed E-state index contributed by atoms with van der Waals surface area (Å²) in [6, 6.07) is 15.0. The lowest BCUT2D eigenvalue weighted by molar-refractivity contribution is -0.151. The number of carboxylic acid groups (broad SMARTS) is 1. The molecule has 1 unspecified atom stereocenters. The zero-order valence-electron chi connectivity index (χ0n) is 15.1. The Morgan fingerprint density at radius 2 is 1.74 bits per heavy atom. The number of benzene rings is 2. The van der Waals surface area contributed by atoms with Crippen LogP contribution in [0, 0.1) is 5.41 Å². The maximum Gasteiger partial charge on any atom is 0.313 e. The van der Waals surface area contributed by atoms with E-state index in [2.05, 4.69) is 0 Å². The molecule has 1 saturated heterocycles. The highest BCUT2D eigenvalue weighted by atomic mass is 16.5. The van der Waals surface area contributed by atoms with Gasteiger partial charge in [-0.15, -0.1) is 0 Å². The molecule has 6 heteroatoms. The average Bonchev–Trinajstić information content (AvgIpc) is 3.11. The van der Waals surface area contributed by atoms with Crippen LogP contribution in [0.2, 0.25) is 0 Å². The number of rotatable bonds is 4. The minimum absolute atomic E-state index is 0.0903. The second kappa shape index (κ2) is 6.70. The number of likely N-dealkylation sites (tertiary alicyclic amines) is 1. The molecule has 0 spiro atoms. The van der Waals surface area contributed by atoms with E-state index >= 15 is 0 Å². The van der Waals surface area contributed by atoms with E-state index in [1.54, 1.807) is 4.90 Å². The first-order valence-corrected chi connectivity index (χ1v) is 8.92. The first-order chi connectivity index (χ1) is 13.1. The highest BCUT2D eigenvalue weighted by Gasteiger charge is 2.48. The predicted octanol–water partition coefficient (Wildman–Crippen LogP) is 2.87. The van der Waals surface area contributed by atoms with Crippen molar-refractivity contribution in [1.82, 2.24) is 4.90 Å². The van der Waals surface area contributed by atoms with E-state index < -0.39 is 17.3 Å². The van der Waals surface area contributed by atoms with Crippen LogP contribution in [0.4, 0.5) is 0 Å². The molecule has 2 aliphatic heterocycles. The lowest BCUT2D eigenvalue weighted by Gasteiger charge is -2.31. The van der Waals surface area contributed by atoms with Gasteiger partial charge in [0.05, 0.1) is 12.5 Å². The molecule has 2 aromatic carbocycles. The second-order valence-corrected chi connectivity index (χ2v) is 7.14. The Hall–Kier alpha value is -2.86. The van der Waals surface area contributed by atoms with Crippen molar-refractivity contribution in [2.75, 3.05) is 26.8 Å². The van der Waals surface area contributed by atoms with E-state index in [4.69, 9.17) is 9.47 Å².